The summed E-state index contributed by atoms with van der Waals surface area (Å²) in [6, 6.07) is 0. The Morgan fingerprint density at radius 1 is 1.54 bits per heavy atom. The van der Waals surface area contributed by atoms with Gasteiger partial charge in [-0.05, 0) is 12.5 Å². The third kappa shape index (κ3) is 4.84. The van der Waals surface area contributed by atoms with E-state index in [1.807, 2.05) is 0 Å². The Balaban J connectivity index is 4.26. The summed E-state index contributed by atoms with van der Waals surface area (Å²) >= 11 is 13.1. The van der Waals surface area contributed by atoms with E-state index in [0.29, 0.717) is 0 Å². The average molecular weight is 282 g/mol. The van der Waals surface area contributed by atoms with Crippen molar-refractivity contribution in [1.29, 1.82) is 0 Å². The van der Waals surface area contributed by atoms with Crippen LogP contribution in [0, 0.1) is 0 Å². The minimum Gasteiger partial charge on any atom is -0.289 e. The molecule has 0 aliphatic heterocycles. The average Bonchev–Trinajstić information content (AvgIpc) is 2.16. The molecule has 1 atom stereocenters. The summed E-state index contributed by atoms with van der Waals surface area (Å²) in [5, 5.41) is 1.54. The standard InChI is InChI=1S/C5H10Cl2NO2PS2/c1-12-11(10,13-2)8-5(9)4(7)3-6/h4H,3H2,1-2H3,(H,8,9,10). The maximum Gasteiger partial charge on any atom is 0.279 e. The van der Waals surface area contributed by atoms with E-state index < -0.39 is 17.0 Å². The maximum atomic E-state index is 11.7. The van der Waals surface area contributed by atoms with E-state index >= 15 is 0 Å². The van der Waals surface area contributed by atoms with E-state index in [1.54, 1.807) is 12.5 Å². The van der Waals surface area contributed by atoms with Gasteiger partial charge in [-0.3, -0.25) is 14.4 Å². The minimum absolute atomic E-state index is 0.0101. The molecule has 0 fully saturated rings. The molecule has 1 N–H and O–H groups in total. The van der Waals surface area contributed by atoms with Crippen LogP contribution in [0.5, 0.6) is 0 Å². The van der Waals surface area contributed by atoms with Crippen molar-refractivity contribution >= 4 is 57.6 Å². The molecule has 0 aromatic rings. The summed E-state index contributed by atoms with van der Waals surface area (Å²) in [5.41, 5.74) is -2.71. The molecule has 0 aliphatic carbocycles. The van der Waals surface area contributed by atoms with Gasteiger partial charge in [-0.2, -0.15) is 0 Å². The fourth-order valence-corrected chi connectivity index (χ4v) is 4.35. The second-order valence-corrected chi connectivity index (χ2v) is 10.7. The van der Waals surface area contributed by atoms with Gasteiger partial charge >= 0.3 is 0 Å². The Morgan fingerprint density at radius 3 is 2.31 bits per heavy atom. The van der Waals surface area contributed by atoms with E-state index in [0.717, 1.165) is 22.8 Å². The van der Waals surface area contributed by atoms with Crippen molar-refractivity contribution in [3.05, 3.63) is 0 Å². The van der Waals surface area contributed by atoms with Crippen LogP contribution in [0.1, 0.15) is 0 Å². The molecule has 0 aliphatic rings. The molecule has 0 saturated heterocycles. The third-order valence-corrected chi connectivity index (χ3v) is 9.54. The highest BCUT2D eigenvalue weighted by molar-refractivity contribution is 8.89. The van der Waals surface area contributed by atoms with Crippen LogP contribution < -0.4 is 5.09 Å². The smallest absolute Gasteiger partial charge is 0.279 e. The highest BCUT2D eigenvalue weighted by atomic mass is 35.5. The second kappa shape index (κ2) is 6.46. The highest BCUT2D eigenvalue weighted by Crippen LogP contribution is 2.63. The van der Waals surface area contributed by atoms with Crippen LogP contribution in [0.25, 0.3) is 0 Å². The molecule has 0 heterocycles. The summed E-state index contributed by atoms with van der Waals surface area (Å²) in [4.78, 5) is 11.2. The van der Waals surface area contributed by atoms with Crippen molar-refractivity contribution in [1.82, 2.24) is 5.09 Å². The monoisotopic (exact) mass is 281 g/mol. The molecular formula is C5H10Cl2NO2PS2. The molecule has 0 rings (SSSR count). The second-order valence-electron chi connectivity index (χ2n) is 1.96. The van der Waals surface area contributed by atoms with Crippen LogP contribution in [0.3, 0.4) is 0 Å². The summed E-state index contributed by atoms with van der Waals surface area (Å²) in [5.74, 6) is -0.473. The van der Waals surface area contributed by atoms with Crippen LogP contribution >= 0.6 is 51.7 Å². The first-order valence-electron chi connectivity index (χ1n) is 3.22. The molecule has 0 spiro atoms. The third-order valence-electron chi connectivity index (χ3n) is 1.15. The zero-order valence-corrected chi connectivity index (χ0v) is 11.2. The molecule has 0 radical (unpaired) electrons. The molecule has 13 heavy (non-hydrogen) atoms. The van der Waals surface area contributed by atoms with Gasteiger partial charge in [0.2, 0.25) is 5.91 Å². The Morgan fingerprint density at radius 2 is 2.00 bits per heavy atom. The maximum absolute atomic E-state index is 11.7. The lowest BCUT2D eigenvalue weighted by molar-refractivity contribution is -0.118. The van der Waals surface area contributed by atoms with Gasteiger partial charge < -0.3 is 0 Å². The molecule has 1 unspecified atom stereocenters. The quantitative estimate of drug-likeness (QED) is 0.622. The first kappa shape index (κ1) is 14.0. The molecule has 0 aromatic heterocycles. The minimum atomic E-state index is -2.71. The van der Waals surface area contributed by atoms with E-state index in [4.69, 9.17) is 23.2 Å². The lowest BCUT2D eigenvalue weighted by Crippen LogP contribution is -2.28. The number of rotatable bonds is 5. The van der Waals surface area contributed by atoms with Gasteiger partial charge in [0.25, 0.3) is 5.70 Å². The summed E-state index contributed by atoms with van der Waals surface area (Å²) in [6.45, 7) is 0. The molecule has 78 valence electrons. The van der Waals surface area contributed by atoms with Gasteiger partial charge in [0.15, 0.2) is 0 Å². The molecule has 3 nitrogen and oxygen atoms in total. The van der Waals surface area contributed by atoms with Gasteiger partial charge in [-0.1, -0.05) is 22.8 Å². The van der Waals surface area contributed by atoms with Crippen molar-refractivity contribution < 1.29 is 9.36 Å². The highest BCUT2D eigenvalue weighted by Gasteiger charge is 2.25. The SMILES string of the molecule is CSP(=O)(NC(=O)C(Cl)CCl)SC. The normalized spacial score (nSPS) is 13.8. The van der Waals surface area contributed by atoms with Crippen LogP contribution in [0.2, 0.25) is 0 Å². The molecule has 1 amide bonds. The predicted molar refractivity (Wildman–Crippen MR) is 63.1 cm³/mol. The molecule has 8 heteroatoms. The number of nitrogens with one attached hydrogen (secondary N) is 1. The molecule has 0 aromatic carbocycles. The van der Waals surface area contributed by atoms with Gasteiger partial charge in [0.05, 0.1) is 0 Å². The van der Waals surface area contributed by atoms with Gasteiger partial charge in [-0.25, -0.2) is 0 Å². The zero-order valence-electron chi connectivity index (χ0n) is 7.12. The lowest BCUT2D eigenvalue weighted by atomic mass is 10.5. The Hall–Kier alpha value is 0.980. The Kier molecular flexibility index (Phi) is 6.95. The lowest BCUT2D eigenvalue weighted by Gasteiger charge is -2.15. The van der Waals surface area contributed by atoms with Crippen LogP contribution in [0.15, 0.2) is 0 Å². The molecule has 0 saturated carbocycles. The number of hydrogen-bond donors (Lipinski definition) is 1. The number of carbonyl (C=O) groups is 1. The summed E-state index contributed by atoms with van der Waals surface area (Å²) < 4.78 is 11.7. The summed E-state index contributed by atoms with van der Waals surface area (Å²) in [7, 11) is 0. The first-order valence-corrected chi connectivity index (χ1v) is 9.56. The number of amides is 1. The number of carbonyl (C=O) groups excluding carboxylic acids is 1. The fourth-order valence-electron chi connectivity index (χ4n) is 0.441. The van der Waals surface area contributed by atoms with Gasteiger partial charge in [-0.15, -0.1) is 23.2 Å². The number of hydrogen-bond acceptors (Lipinski definition) is 4. The van der Waals surface area contributed by atoms with Crippen molar-refractivity contribution in [2.24, 2.45) is 0 Å². The van der Waals surface area contributed by atoms with Crippen molar-refractivity contribution in [3.63, 3.8) is 0 Å². The molecule has 0 bridgehead atoms. The van der Waals surface area contributed by atoms with E-state index in [9.17, 15) is 9.36 Å². The fraction of sp³-hybridized carbons (Fsp3) is 0.800. The van der Waals surface area contributed by atoms with E-state index in [2.05, 4.69) is 5.09 Å². The van der Waals surface area contributed by atoms with Gasteiger partial charge in [0, 0.05) is 5.88 Å². The van der Waals surface area contributed by atoms with Crippen molar-refractivity contribution in [2.45, 2.75) is 5.38 Å². The van der Waals surface area contributed by atoms with Crippen LogP contribution in [-0.2, 0) is 9.36 Å². The predicted octanol–water partition coefficient (Wildman–Crippen LogP) is 2.78. The van der Waals surface area contributed by atoms with Crippen molar-refractivity contribution in [2.75, 3.05) is 18.4 Å². The Labute approximate surface area is 95.6 Å². The number of halogens is 2. The largest absolute Gasteiger partial charge is 0.289 e. The van der Waals surface area contributed by atoms with E-state index in [1.165, 1.54) is 0 Å². The molecular weight excluding hydrogens is 272 g/mol. The topological polar surface area (TPSA) is 46.2 Å². The van der Waals surface area contributed by atoms with E-state index in [-0.39, 0.29) is 5.88 Å². The van der Waals surface area contributed by atoms with Gasteiger partial charge in [0.1, 0.15) is 5.38 Å². The Bertz CT molecular complexity index is 221. The van der Waals surface area contributed by atoms with Crippen molar-refractivity contribution in [3.8, 4) is 0 Å². The van der Waals surface area contributed by atoms with Crippen LogP contribution in [-0.4, -0.2) is 29.7 Å². The summed E-state index contributed by atoms with van der Waals surface area (Å²) in [6.07, 6.45) is 3.34. The first-order chi connectivity index (χ1) is 5.99. The number of alkyl halides is 2. The zero-order chi connectivity index (χ0) is 10.5. The van der Waals surface area contributed by atoms with Crippen LogP contribution in [0.4, 0.5) is 0 Å².